The Hall–Kier alpha value is -0.290. The summed E-state index contributed by atoms with van der Waals surface area (Å²) in [5.41, 5.74) is 5.43. The minimum Gasteiger partial charge on any atom is -0.322 e. The first kappa shape index (κ1) is 12.2. The van der Waals surface area contributed by atoms with Gasteiger partial charge in [-0.15, -0.1) is 0 Å². The van der Waals surface area contributed by atoms with E-state index in [-0.39, 0.29) is 5.91 Å². The van der Waals surface area contributed by atoms with Crippen molar-refractivity contribution in [2.24, 2.45) is 5.73 Å². The van der Waals surface area contributed by atoms with Crippen molar-refractivity contribution in [1.29, 1.82) is 0 Å². The Morgan fingerprint density at radius 3 is 2.31 bits per heavy atom. The molecular formula is C10H9BrCl2N2O. The maximum absolute atomic E-state index is 11.7. The summed E-state index contributed by atoms with van der Waals surface area (Å²) in [4.78, 5) is 11.7. The van der Waals surface area contributed by atoms with Crippen molar-refractivity contribution < 1.29 is 4.79 Å². The van der Waals surface area contributed by atoms with E-state index in [1.807, 2.05) is 0 Å². The van der Waals surface area contributed by atoms with Gasteiger partial charge in [-0.25, -0.2) is 0 Å². The lowest BCUT2D eigenvalue weighted by Crippen LogP contribution is -2.37. The predicted octanol–water partition coefficient (Wildman–Crippen LogP) is 3.19. The van der Waals surface area contributed by atoms with Gasteiger partial charge in [0.1, 0.15) is 0 Å². The zero-order valence-electron chi connectivity index (χ0n) is 8.19. The number of nitrogens with two attached hydrogens (primary N) is 1. The molecule has 1 aliphatic carbocycles. The molecule has 1 aliphatic rings. The minimum atomic E-state index is -0.736. The van der Waals surface area contributed by atoms with Crippen LogP contribution in [0.5, 0.6) is 0 Å². The highest BCUT2D eigenvalue weighted by Gasteiger charge is 2.46. The number of amides is 1. The molecule has 86 valence electrons. The van der Waals surface area contributed by atoms with Crippen LogP contribution in [0.3, 0.4) is 0 Å². The molecule has 3 N–H and O–H groups in total. The number of hydrogen-bond donors (Lipinski definition) is 2. The van der Waals surface area contributed by atoms with E-state index in [1.165, 1.54) is 0 Å². The Morgan fingerprint density at radius 2 is 1.88 bits per heavy atom. The number of rotatable bonds is 2. The van der Waals surface area contributed by atoms with Gasteiger partial charge in [0.15, 0.2) is 0 Å². The van der Waals surface area contributed by atoms with Crippen LogP contribution in [0.25, 0.3) is 0 Å². The van der Waals surface area contributed by atoms with E-state index in [0.717, 1.165) is 4.47 Å². The molecule has 0 unspecified atom stereocenters. The van der Waals surface area contributed by atoms with Gasteiger partial charge in [0, 0.05) is 4.47 Å². The highest BCUT2D eigenvalue weighted by atomic mass is 79.9. The van der Waals surface area contributed by atoms with E-state index in [2.05, 4.69) is 21.2 Å². The number of halogens is 3. The van der Waals surface area contributed by atoms with Gasteiger partial charge in [-0.05, 0) is 25.0 Å². The van der Waals surface area contributed by atoms with Crippen LogP contribution in [0.1, 0.15) is 12.8 Å². The van der Waals surface area contributed by atoms with Crippen molar-refractivity contribution in [3.05, 3.63) is 26.7 Å². The van der Waals surface area contributed by atoms with Crippen molar-refractivity contribution in [3.63, 3.8) is 0 Å². The molecule has 0 atom stereocenters. The van der Waals surface area contributed by atoms with Crippen molar-refractivity contribution in [1.82, 2.24) is 0 Å². The Bertz CT molecular complexity index is 437. The molecule has 3 nitrogen and oxygen atoms in total. The van der Waals surface area contributed by atoms with E-state index >= 15 is 0 Å². The smallest absolute Gasteiger partial charge is 0.244 e. The minimum absolute atomic E-state index is 0.237. The fourth-order valence-electron chi connectivity index (χ4n) is 1.26. The summed E-state index contributed by atoms with van der Waals surface area (Å²) >= 11 is 15.2. The molecule has 0 saturated heterocycles. The van der Waals surface area contributed by atoms with Gasteiger partial charge in [0.25, 0.3) is 0 Å². The van der Waals surface area contributed by atoms with Crippen molar-refractivity contribution in [2.45, 2.75) is 18.4 Å². The van der Waals surface area contributed by atoms with E-state index in [1.54, 1.807) is 12.1 Å². The van der Waals surface area contributed by atoms with Gasteiger partial charge >= 0.3 is 0 Å². The third-order valence-electron chi connectivity index (χ3n) is 2.49. The Balaban J connectivity index is 2.24. The molecule has 1 fully saturated rings. The van der Waals surface area contributed by atoms with Crippen LogP contribution in [-0.4, -0.2) is 11.4 Å². The zero-order chi connectivity index (χ0) is 11.9. The van der Waals surface area contributed by atoms with Crippen LogP contribution >= 0.6 is 39.1 Å². The summed E-state index contributed by atoms with van der Waals surface area (Å²) in [5, 5.41) is 3.43. The molecule has 1 saturated carbocycles. The molecule has 0 bridgehead atoms. The number of carbonyl (C=O) groups is 1. The Morgan fingerprint density at radius 1 is 1.38 bits per heavy atom. The average molecular weight is 324 g/mol. The molecule has 0 spiro atoms. The number of hydrogen-bond acceptors (Lipinski definition) is 2. The second kappa shape index (κ2) is 4.18. The van der Waals surface area contributed by atoms with Crippen molar-refractivity contribution in [3.8, 4) is 0 Å². The lowest BCUT2D eigenvalue weighted by atomic mass is 10.2. The first-order valence-corrected chi connectivity index (χ1v) is 6.22. The van der Waals surface area contributed by atoms with E-state index < -0.39 is 5.54 Å². The number of benzene rings is 1. The molecule has 0 aromatic heterocycles. The fourth-order valence-corrected chi connectivity index (χ4v) is 2.56. The van der Waals surface area contributed by atoms with Gasteiger partial charge in [-0.2, -0.15) is 0 Å². The number of nitrogens with one attached hydrogen (secondary N) is 1. The molecule has 2 rings (SSSR count). The fraction of sp³-hybridized carbons (Fsp3) is 0.300. The molecule has 16 heavy (non-hydrogen) atoms. The van der Waals surface area contributed by atoms with Crippen LogP contribution in [0.2, 0.25) is 10.0 Å². The van der Waals surface area contributed by atoms with E-state index in [4.69, 9.17) is 28.9 Å². The summed E-state index contributed by atoms with van der Waals surface area (Å²) in [7, 11) is 0. The van der Waals surface area contributed by atoms with E-state index in [9.17, 15) is 4.79 Å². The monoisotopic (exact) mass is 322 g/mol. The summed E-state index contributed by atoms with van der Waals surface area (Å²) in [6.45, 7) is 0. The highest BCUT2D eigenvalue weighted by Crippen LogP contribution is 2.37. The van der Waals surface area contributed by atoms with Crippen molar-refractivity contribution >= 4 is 50.7 Å². The second-order valence-electron chi connectivity index (χ2n) is 3.85. The zero-order valence-corrected chi connectivity index (χ0v) is 11.3. The first-order valence-electron chi connectivity index (χ1n) is 4.67. The Kier molecular flexibility index (Phi) is 3.18. The molecule has 0 aliphatic heterocycles. The second-order valence-corrected chi connectivity index (χ2v) is 5.58. The number of anilines is 1. The van der Waals surface area contributed by atoms with Gasteiger partial charge in [0.05, 0.1) is 21.3 Å². The summed E-state index contributed by atoms with van der Waals surface area (Å²) in [5.74, 6) is -0.237. The molecule has 1 aromatic carbocycles. The predicted molar refractivity (Wildman–Crippen MR) is 68.9 cm³/mol. The van der Waals surface area contributed by atoms with Gasteiger partial charge in [-0.3, -0.25) is 4.79 Å². The van der Waals surface area contributed by atoms with Crippen molar-refractivity contribution in [2.75, 3.05) is 5.32 Å². The van der Waals surface area contributed by atoms with E-state index in [0.29, 0.717) is 28.6 Å². The molecule has 0 heterocycles. The molecule has 0 radical (unpaired) electrons. The molecule has 1 aromatic rings. The van der Waals surface area contributed by atoms with Crippen LogP contribution < -0.4 is 11.1 Å². The maximum atomic E-state index is 11.7. The van der Waals surface area contributed by atoms with Gasteiger partial charge in [-0.1, -0.05) is 39.1 Å². The number of carbonyl (C=O) groups excluding carboxylic acids is 1. The molecule has 1 amide bonds. The molecule has 6 heteroatoms. The maximum Gasteiger partial charge on any atom is 0.244 e. The molecular weight excluding hydrogens is 315 g/mol. The highest BCUT2D eigenvalue weighted by molar-refractivity contribution is 9.10. The quantitative estimate of drug-likeness (QED) is 0.878. The summed E-state index contributed by atoms with van der Waals surface area (Å²) in [6, 6.07) is 3.33. The van der Waals surface area contributed by atoms with Crippen LogP contribution in [-0.2, 0) is 4.79 Å². The summed E-state index contributed by atoms with van der Waals surface area (Å²) in [6.07, 6.45) is 1.40. The van der Waals surface area contributed by atoms with Crippen LogP contribution in [0, 0.1) is 0 Å². The van der Waals surface area contributed by atoms with Crippen LogP contribution in [0.15, 0.2) is 16.6 Å². The summed E-state index contributed by atoms with van der Waals surface area (Å²) < 4.78 is 0.759. The largest absolute Gasteiger partial charge is 0.322 e. The SMILES string of the molecule is NC1(C(=O)Nc2c(Cl)cc(Br)cc2Cl)CC1. The topological polar surface area (TPSA) is 55.1 Å². The third kappa shape index (κ3) is 2.35. The standard InChI is InChI=1S/C10H9BrCl2N2O/c11-5-3-6(12)8(7(13)4-5)15-9(16)10(14)1-2-10/h3-4H,1-2,14H2,(H,15,16). The average Bonchev–Trinajstić information content (AvgIpc) is 2.91. The Labute approximate surface area is 111 Å². The van der Waals surface area contributed by atoms with Gasteiger partial charge in [0.2, 0.25) is 5.91 Å². The van der Waals surface area contributed by atoms with Crippen LogP contribution in [0.4, 0.5) is 5.69 Å². The lowest BCUT2D eigenvalue weighted by molar-refractivity contribution is -0.118. The third-order valence-corrected chi connectivity index (χ3v) is 3.54. The normalized spacial score (nSPS) is 17.0. The first-order chi connectivity index (χ1) is 7.42. The lowest BCUT2D eigenvalue weighted by Gasteiger charge is -2.13. The van der Waals surface area contributed by atoms with Gasteiger partial charge < -0.3 is 11.1 Å².